The molecular formula is C18H23ClN4O2. The molecular weight excluding hydrogens is 340 g/mol. The molecule has 2 aliphatic rings. The van der Waals surface area contributed by atoms with E-state index >= 15 is 0 Å². The number of nitrogens with one attached hydrogen (secondary N) is 1. The highest BCUT2D eigenvalue weighted by Gasteiger charge is 2.48. The van der Waals surface area contributed by atoms with Gasteiger partial charge in [-0.05, 0) is 49.4 Å². The van der Waals surface area contributed by atoms with Crippen molar-refractivity contribution in [2.75, 3.05) is 0 Å². The van der Waals surface area contributed by atoms with E-state index in [1.807, 2.05) is 25.4 Å². The molecule has 3 unspecified atom stereocenters. The van der Waals surface area contributed by atoms with Gasteiger partial charge < -0.3 is 15.5 Å². The zero-order valence-corrected chi connectivity index (χ0v) is 15.1. The molecule has 0 saturated carbocycles. The Kier molecular flexibility index (Phi) is 4.11. The van der Waals surface area contributed by atoms with E-state index in [0.29, 0.717) is 11.4 Å². The van der Waals surface area contributed by atoms with E-state index in [2.05, 4.69) is 22.6 Å². The van der Waals surface area contributed by atoms with Crippen LogP contribution in [0.1, 0.15) is 55.2 Å². The number of hydrogen-bond acceptors (Lipinski definition) is 5. The van der Waals surface area contributed by atoms with Crippen LogP contribution in [0, 0.1) is 0 Å². The highest BCUT2D eigenvalue weighted by atomic mass is 35.5. The number of rotatable bonds is 1. The number of halogens is 1. The van der Waals surface area contributed by atoms with Crippen molar-refractivity contribution in [2.45, 2.75) is 55.9 Å². The van der Waals surface area contributed by atoms with Gasteiger partial charge in [0, 0.05) is 29.7 Å². The molecule has 25 heavy (non-hydrogen) atoms. The zero-order chi connectivity index (χ0) is 17.8. The topological polar surface area (TPSA) is 83.2 Å². The highest BCUT2D eigenvalue weighted by Crippen LogP contribution is 2.51. The van der Waals surface area contributed by atoms with Crippen LogP contribution in [0.2, 0.25) is 5.02 Å². The minimum Gasteiger partial charge on any atom is -0.390 e. The summed E-state index contributed by atoms with van der Waals surface area (Å²) in [6, 6.07) is 5.99. The van der Waals surface area contributed by atoms with E-state index in [9.17, 15) is 10.2 Å². The van der Waals surface area contributed by atoms with Crippen LogP contribution in [-0.4, -0.2) is 37.4 Å². The SMILES string of the molecule is C[C@H]1CC2(CC(O)C(O)c3cc(Cl)ccc32)C[C@@H](c2cn(C)nn2)N1. The van der Waals surface area contributed by atoms with Crippen LogP contribution in [0.4, 0.5) is 0 Å². The molecule has 1 aliphatic heterocycles. The Morgan fingerprint density at radius 1 is 1.28 bits per heavy atom. The first kappa shape index (κ1) is 17.0. The number of aliphatic hydroxyl groups excluding tert-OH is 2. The summed E-state index contributed by atoms with van der Waals surface area (Å²) in [5.74, 6) is 0. The van der Waals surface area contributed by atoms with Crippen LogP contribution in [0.3, 0.4) is 0 Å². The van der Waals surface area contributed by atoms with Crippen molar-refractivity contribution < 1.29 is 10.2 Å². The predicted molar refractivity (Wildman–Crippen MR) is 94.3 cm³/mol. The second kappa shape index (κ2) is 6.06. The van der Waals surface area contributed by atoms with E-state index in [1.165, 1.54) is 0 Å². The predicted octanol–water partition coefficient (Wildman–Crippen LogP) is 2.02. The fourth-order valence-electron chi connectivity index (χ4n) is 4.71. The molecule has 134 valence electrons. The van der Waals surface area contributed by atoms with Gasteiger partial charge in [-0.1, -0.05) is 22.9 Å². The smallest absolute Gasteiger partial charge is 0.105 e. The summed E-state index contributed by atoms with van der Waals surface area (Å²) in [5, 5.41) is 33.5. The third-order valence-corrected chi connectivity index (χ3v) is 5.86. The Bertz CT molecular complexity index is 795. The Morgan fingerprint density at radius 3 is 2.80 bits per heavy atom. The number of piperidine rings is 1. The van der Waals surface area contributed by atoms with Crippen LogP contribution >= 0.6 is 11.6 Å². The normalized spacial score (nSPS) is 34.9. The maximum atomic E-state index is 10.5. The first-order chi connectivity index (χ1) is 11.9. The van der Waals surface area contributed by atoms with Crippen molar-refractivity contribution in [1.29, 1.82) is 0 Å². The number of fused-ring (bicyclic) bond motifs is 2. The van der Waals surface area contributed by atoms with Gasteiger partial charge in [0.1, 0.15) is 6.10 Å². The average Bonchev–Trinajstić information content (AvgIpc) is 2.99. The van der Waals surface area contributed by atoms with Gasteiger partial charge in [0.05, 0.1) is 17.8 Å². The third kappa shape index (κ3) is 2.87. The molecule has 3 N–H and O–H groups in total. The van der Waals surface area contributed by atoms with Crippen LogP contribution in [0.25, 0.3) is 0 Å². The van der Waals surface area contributed by atoms with Gasteiger partial charge in [0.25, 0.3) is 0 Å². The van der Waals surface area contributed by atoms with Gasteiger partial charge in [-0.3, -0.25) is 4.68 Å². The Labute approximate surface area is 151 Å². The third-order valence-electron chi connectivity index (χ3n) is 5.62. The summed E-state index contributed by atoms with van der Waals surface area (Å²) in [6.07, 6.45) is 2.47. The summed E-state index contributed by atoms with van der Waals surface area (Å²) in [6.45, 7) is 2.15. The Hall–Kier alpha value is -1.47. The van der Waals surface area contributed by atoms with Crippen molar-refractivity contribution in [3.05, 3.63) is 46.2 Å². The summed E-state index contributed by atoms with van der Waals surface area (Å²) in [4.78, 5) is 0. The standard InChI is InChI=1S/C18H23ClN4O2/c1-10-6-18(7-14(20-10)15-9-23(2)22-21-15)8-16(24)17(25)12-5-11(19)3-4-13(12)18/h3-5,9-10,14,16-17,20,24-25H,6-8H2,1-2H3/t10-,14-,16?,17?,18?/m0/s1. The molecule has 4 rings (SSSR count). The highest BCUT2D eigenvalue weighted by molar-refractivity contribution is 6.30. The minimum atomic E-state index is -0.889. The Morgan fingerprint density at radius 2 is 2.08 bits per heavy atom. The van der Waals surface area contributed by atoms with Gasteiger partial charge in [-0.25, -0.2) is 0 Å². The van der Waals surface area contributed by atoms with Crippen LogP contribution in [-0.2, 0) is 12.5 Å². The minimum absolute atomic E-state index is 0.0587. The lowest BCUT2D eigenvalue weighted by Gasteiger charge is -2.49. The number of nitrogens with zero attached hydrogens (tertiary/aromatic N) is 3. The molecule has 0 bridgehead atoms. The lowest BCUT2D eigenvalue weighted by Crippen LogP contribution is -2.51. The molecule has 1 aromatic carbocycles. The van der Waals surface area contributed by atoms with E-state index in [0.717, 1.165) is 29.7 Å². The van der Waals surface area contributed by atoms with Gasteiger partial charge >= 0.3 is 0 Å². The van der Waals surface area contributed by atoms with Crippen LogP contribution in [0.15, 0.2) is 24.4 Å². The number of hydrogen-bond donors (Lipinski definition) is 3. The zero-order valence-electron chi connectivity index (χ0n) is 14.4. The van der Waals surface area contributed by atoms with E-state index in [4.69, 9.17) is 11.6 Å². The number of aliphatic hydroxyl groups is 2. The average molecular weight is 363 g/mol. The summed E-state index contributed by atoms with van der Waals surface area (Å²) < 4.78 is 1.70. The molecule has 1 aromatic heterocycles. The molecule has 1 fully saturated rings. The first-order valence-electron chi connectivity index (χ1n) is 8.66. The van der Waals surface area contributed by atoms with Gasteiger partial charge in [0.2, 0.25) is 0 Å². The first-order valence-corrected chi connectivity index (χ1v) is 9.04. The molecule has 6 nitrogen and oxygen atoms in total. The molecule has 1 saturated heterocycles. The van der Waals surface area contributed by atoms with Gasteiger partial charge in [-0.2, -0.15) is 0 Å². The van der Waals surface area contributed by atoms with Gasteiger partial charge in [-0.15, -0.1) is 5.10 Å². The van der Waals surface area contributed by atoms with Crippen molar-refractivity contribution in [3.8, 4) is 0 Å². The van der Waals surface area contributed by atoms with Crippen molar-refractivity contribution in [3.63, 3.8) is 0 Å². The second-order valence-electron chi connectivity index (χ2n) is 7.57. The number of benzene rings is 1. The maximum absolute atomic E-state index is 10.5. The summed E-state index contributed by atoms with van der Waals surface area (Å²) >= 11 is 6.15. The monoisotopic (exact) mass is 362 g/mol. The number of aromatic nitrogens is 3. The lowest BCUT2D eigenvalue weighted by molar-refractivity contribution is -0.0241. The maximum Gasteiger partial charge on any atom is 0.105 e. The quantitative estimate of drug-likeness (QED) is 0.723. The second-order valence-corrected chi connectivity index (χ2v) is 8.01. The van der Waals surface area contributed by atoms with E-state index < -0.39 is 12.2 Å². The van der Waals surface area contributed by atoms with Crippen molar-refractivity contribution in [2.24, 2.45) is 7.05 Å². The summed E-state index contributed by atoms with van der Waals surface area (Å²) in [7, 11) is 1.86. The molecule has 7 heteroatoms. The summed E-state index contributed by atoms with van der Waals surface area (Å²) in [5.41, 5.74) is 2.53. The van der Waals surface area contributed by atoms with Crippen molar-refractivity contribution in [1.82, 2.24) is 20.3 Å². The Balaban J connectivity index is 1.78. The molecule has 5 atom stereocenters. The van der Waals surface area contributed by atoms with Crippen molar-refractivity contribution >= 4 is 11.6 Å². The molecule has 2 aromatic rings. The van der Waals surface area contributed by atoms with Crippen LogP contribution < -0.4 is 5.32 Å². The van der Waals surface area contributed by atoms with Crippen LogP contribution in [0.5, 0.6) is 0 Å². The largest absolute Gasteiger partial charge is 0.390 e. The van der Waals surface area contributed by atoms with Gasteiger partial charge in [0.15, 0.2) is 0 Å². The lowest BCUT2D eigenvalue weighted by atomic mass is 9.60. The molecule has 1 aliphatic carbocycles. The fraction of sp³-hybridized carbons (Fsp3) is 0.556. The fourth-order valence-corrected chi connectivity index (χ4v) is 4.89. The van der Waals surface area contributed by atoms with E-state index in [1.54, 1.807) is 10.7 Å². The van der Waals surface area contributed by atoms with E-state index in [-0.39, 0.29) is 17.5 Å². The molecule has 0 amide bonds. The molecule has 0 radical (unpaired) electrons. The molecule has 2 heterocycles. The molecule has 1 spiro atoms. The number of aryl methyl sites for hydroxylation is 1.